The monoisotopic (exact) mass is 340 g/mol. The summed E-state index contributed by atoms with van der Waals surface area (Å²) in [5, 5.41) is 2.80. The summed E-state index contributed by atoms with van der Waals surface area (Å²) < 4.78 is 10.9. The molecule has 0 radical (unpaired) electrons. The number of carbonyl (C=O) groups excluding carboxylic acids is 3. The molecule has 136 valence electrons. The molecule has 2 fully saturated rings. The van der Waals surface area contributed by atoms with Crippen LogP contribution in [0.4, 0.5) is 4.79 Å². The minimum Gasteiger partial charge on any atom is -0.458 e. The standard InChI is InChI=1S/C17H28N2O5/c1-15(2,3)23-13(21)11-7-17(8-12(20)18-9-17)10-19(11)14(22)24-16(4,5)6/h11H,7-10H2,1-6H3,(H,18,20)/t11-,17?/m0/s1. The third kappa shape index (κ3) is 4.39. The van der Waals surface area contributed by atoms with Crippen molar-refractivity contribution in [3.8, 4) is 0 Å². The molecule has 2 aliphatic heterocycles. The largest absolute Gasteiger partial charge is 0.458 e. The van der Waals surface area contributed by atoms with Crippen LogP contribution in [0.15, 0.2) is 0 Å². The van der Waals surface area contributed by atoms with Crippen molar-refractivity contribution in [2.75, 3.05) is 13.1 Å². The average molecular weight is 340 g/mol. The first-order valence-corrected chi connectivity index (χ1v) is 8.30. The molecule has 0 aromatic rings. The van der Waals surface area contributed by atoms with Gasteiger partial charge in [-0.15, -0.1) is 0 Å². The number of hydrogen-bond acceptors (Lipinski definition) is 5. The lowest BCUT2D eigenvalue weighted by atomic mass is 9.84. The van der Waals surface area contributed by atoms with Gasteiger partial charge in [0.1, 0.15) is 17.2 Å². The van der Waals surface area contributed by atoms with E-state index in [4.69, 9.17) is 9.47 Å². The molecule has 0 bridgehead atoms. The van der Waals surface area contributed by atoms with Crippen molar-refractivity contribution in [3.05, 3.63) is 0 Å². The fourth-order valence-corrected chi connectivity index (χ4v) is 3.16. The van der Waals surface area contributed by atoms with Gasteiger partial charge < -0.3 is 14.8 Å². The van der Waals surface area contributed by atoms with E-state index in [-0.39, 0.29) is 5.91 Å². The summed E-state index contributed by atoms with van der Waals surface area (Å²) >= 11 is 0. The highest BCUT2D eigenvalue weighted by atomic mass is 16.6. The summed E-state index contributed by atoms with van der Waals surface area (Å²) in [4.78, 5) is 38.2. The van der Waals surface area contributed by atoms with Crippen LogP contribution in [0.5, 0.6) is 0 Å². The molecule has 2 rings (SSSR count). The molecular formula is C17H28N2O5. The zero-order chi connectivity index (χ0) is 18.3. The Morgan fingerprint density at radius 2 is 1.71 bits per heavy atom. The number of ether oxygens (including phenoxy) is 2. The van der Waals surface area contributed by atoms with E-state index in [0.29, 0.717) is 25.9 Å². The first-order chi connectivity index (χ1) is 10.8. The average Bonchev–Trinajstić information content (AvgIpc) is 2.90. The van der Waals surface area contributed by atoms with E-state index in [1.54, 1.807) is 41.5 Å². The van der Waals surface area contributed by atoms with Gasteiger partial charge in [0.05, 0.1) is 0 Å². The van der Waals surface area contributed by atoms with Crippen LogP contribution < -0.4 is 5.32 Å². The summed E-state index contributed by atoms with van der Waals surface area (Å²) in [5.74, 6) is -0.506. The predicted molar refractivity (Wildman–Crippen MR) is 87.2 cm³/mol. The minimum absolute atomic E-state index is 0.0519. The van der Waals surface area contributed by atoms with E-state index >= 15 is 0 Å². The maximum absolute atomic E-state index is 12.6. The second-order valence-electron chi connectivity index (χ2n) is 8.82. The second-order valence-corrected chi connectivity index (χ2v) is 8.82. The summed E-state index contributed by atoms with van der Waals surface area (Å²) in [6.07, 6.45) is 0.167. The van der Waals surface area contributed by atoms with Gasteiger partial charge in [-0.05, 0) is 48.0 Å². The third-order valence-electron chi connectivity index (χ3n) is 4.01. The number of carbonyl (C=O) groups is 3. The topological polar surface area (TPSA) is 84.9 Å². The van der Waals surface area contributed by atoms with Crippen molar-refractivity contribution in [2.24, 2.45) is 5.41 Å². The first kappa shape index (κ1) is 18.5. The van der Waals surface area contributed by atoms with E-state index < -0.39 is 34.7 Å². The number of rotatable bonds is 1. The van der Waals surface area contributed by atoms with Crippen molar-refractivity contribution in [1.82, 2.24) is 10.2 Å². The van der Waals surface area contributed by atoms with E-state index in [0.717, 1.165) is 0 Å². The third-order valence-corrected chi connectivity index (χ3v) is 4.01. The minimum atomic E-state index is -0.730. The molecular weight excluding hydrogens is 312 g/mol. The summed E-state index contributed by atoms with van der Waals surface area (Å²) in [6, 6.07) is -0.730. The van der Waals surface area contributed by atoms with Crippen molar-refractivity contribution in [3.63, 3.8) is 0 Å². The SMILES string of the molecule is CC(C)(C)OC(=O)[C@@H]1CC2(CNC(=O)C2)CN1C(=O)OC(C)(C)C. The molecule has 7 heteroatoms. The molecule has 1 N–H and O–H groups in total. The molecule has 0 aromatic heterocycles. The van der Waals surface area contributed by atoms with Gasteiger partial charge in [-0.2, -0.15) is 0 Å². The van der Waals surface area contributed by atoms with Crippen molar-refractivity contribution >= 4 is 18.0 Å². The number of likely N-dealkylation sites (tertiary alicyclic amines) is 1. The van der Waals surface area contributed by atoms with Crippen LogP contribution in [0.3, 0.4) is 0 Å². The first-order valence-electron chi connectivity index (χ1n) is 8.30. The van der Waals surface area contributed by atoms with Crippen molar-refractivity contribution < 1.29 is 23.9 Å². The van der Waals surface area contributed by atoms with Gasteiger partial charge in [-0.25, -0.2) is 9.59 Å². The molecule has 0 aliphatic carbocycles. The summed E-state index contributed by atoms with van der Waals surface area (Å²) in [5.41, 5.74) is -1.72. The fourth-order valence-electron chi connectivity index (χ4n) is 3.16. The Morgan fingerprint density at radius 1 is 1.12 bits per heavy atom. The lowest BCUT2D eigenvalue weighted by molar-refractivity contribution is -0.160. The Kier molecular flexibility index (Phi) is 4.59. The highest BCUT2D eigenvalue weighted by Crippen LogP contribution is 2.41. The summed E-state index contributed by atoms with van der Waals surface area (Å²) in [6.45, 7) is 11.5. The van der Waals surface area contributed by atoms with Gasteiger partial charge in [0.25, 0.3) is 0 Å². The molecule has 2 saturated heterocycles. The van der Waals surface area contributed by atoms with Crippen LogP contribution in [0.25, 0.3) is 0 Å². The Hall–Kier alpha value is -1.79. The molecule has 2 amide bonds. The molecule has 2 heterocycles. The molecule has 1 unspecified atom stereocenters. The van der Waals surface area contributed by atoms with E-state index in [1.165, 1.54) is 4.90 Å². The zero-order valence-electron chi connectivity index (χ0n) is 15.4. The number of esters is 1. The fraction of sp³-hybridized carbons (Fsp3) is 0.824. The number of nitrogens with one attached hydrogen (secondary N) is 1. The Bertz CT molecular complexity index is 508. The van der Waals surface area contributed by atoms with E-state index in [2.05, 4.69) is 5.32 Å². The van der Waals surface area contributed by atoms with Gasteiger partial charge in [-0.1, -0.05) is 0 Å². The van der Waals surface area contributed by atoms with Gasteiger partial charge in [-0.3, -0.25) is 9.69 Å². The predicted octanol–water partition coefficient (Wildman–Crippen LogP) is 1.84. The van der Waals surface area contributed by atoms with Crippen molar-refractivity contribution in [2.45, 2.75) is 71.6 Å². The van der Waals surface area contributed by atoms with E-state index in [9.17, 15) is 14.4 Å². The summed E-state index contributed by atoms with van der Waals surface area (Å²) in [7, 11) is 0. The number of nitrogens with zero attached hydrogens (tertiary/aromatic N) is 1. The molecule has 7 nitrogen and oxygen atoms in total. The van der Waals surface area contributed by atoms with E-state index in [1.807, 2.05) is 0 Å². The lowest BCUT2D eigenvalue weighted by Crippen LogP contribution is -2.45. The Balaban J connectivity index is 2.21. The number of hydrogen-bond donors (Lipinski definition) is 1. The van der Waals surface area contributed by atoms with Crippen molar-refractivity contribution in [1.29, 1.82) is 0 Å². The lowest BCUT2D eigenvalue weighted by Gasteiger charge is -2.29. The van der Waals surface area contributed by atoms with Gasteiger partial charge in [0, 0.05) is 24.9 Å². The molecule has 24 heavy (non-hydrogen) atoms. The maximum atomic E-state index is 12.6. The molecule has 2 atom stereocenters. The normalized spacial score (nSPS) is 27.3. The quantitative estimate of drug-likeness (QED) is 0.736. The van der Waals surface area contributed by atoms with Gasteiger partial charge in [0.15, 0.2) is 0 Å². The Labute approximate surface area is 143 Å². The van der Waals surface area contributed by atoms with Gasteiger partial charge >= 0.3 is 12.1 Å². The van der Waals surface area contributed by atoms with Crippen LogP contribution in [-0.2, 0) is 19.1 Å². The van der Waals surface area contributed by atoms with Crippen LogP contribution in [0, 0.1) is 5.41 Å². The number of amides is 2. The molecule has 0 saturated carbocycles. The zero-order valence-corrected chi connectivity index (χ0v) is 15.4. The smallest absolute Gasteiger partial charge is 0.411 e. The maximum Gasteiger partial charge on any atom is 0.411 e. The van der Waals surface area contributed by atoms with Gasteiger partial charge in [0.2, 0.25) is 5.91 Å². The molecule has 1 spiro atoms. The highest BCUT2D eigenvalue weighted by Gasteiger charge is 2.53. The molecule has 0 aromatic carbocycles. The van der Waals surface area contributed by atoms with Crippen LogP contribution in [0.1, 0.15) is 54.4 Å². The van der Waals surface area contributed by atoms with Crippen LogP contribution in [0.2, 0.25) is 0 Å². The second kappa shape index (κ2) is 5.93. The van der Waals surface area contributed by atoms with Crippen LogP contribution >= 0.6 is 0 Å². The molecule has 2 aliphatic rings. The Morgan fingerprint density at radius 3 is 2.17 bits per heavy atom. The van der Waals surface area contributed by atoms with Crippen LogP contribution in [-0.4, -0.2) is 53.2 Å². The highest BCUT2D eigenvalue weighted by molar-refractivity contribution is 5.84.